The van der Waals surface area contributed by atoms with E-state index in [9.17, 15) is 14.7 Å². The van der Waals surface area contributed by atoms with Crippen LogP contribution in [0.5, 0.6) is 5.75 Å². The number of rotatable bonds is 3. The lowest BCUT2D eigenvalue weighted by Crippen LogP contribution is -2.21. The van der Waals surface area contributed by atoms with E-state index in [0.717, 1.165) is 15.8 Å². The number of carbonyl (C=O) groups excluding carboxylic acids is 2. The van der Waals surface area contributed by atoms with Crippen LogP contribution in [-0.2, 0) is 9.63 Å². The average Bonchev–Trinajstić information content (AvgIpc) is 2.37. The van der Waals surface area contributed by atoms with Crippen molar-refractivity contribution in [1.29, 1.82) is 0 Å². The van der Waals surface area contributed by atoms with Gasteiger partial charge < -0.3 is 9.94 Å². The van der Waals surface area contributed by atoms with Gasteiger partial charge in [0.1, 0.15) is 11.3 Å². The van der Waals surface area contributed by atoms with Gasteiger partial charge in [0.05, 0.1) is 0 Å². The van der Waals surface area contributed by atoms with Crippen LogP contribution in [0.1, 0.15) is 10.4 Å². The predicted molar refractivity (Wildman–Crippen MR) is 64.9 cm³/mol. The highest BCUT2D eigenvalue weighted by atomic mass is 16.7. The monoisotopic (exact) mass is 245 g/mol. The number of hydrogen-bond donors (Lipinski definition) is 1. The van der Waals surface area contributed by atoms with Crippen LogP contribution in [0.4, 0.5) is 0 Å². The highest BCUT2D eigenvalue weighted by Crippen LogP contribution is 2.25. The number of benzene rings is 2. The van der Waals surface area contributed by atoms with Crippen molar-refractivity contribution in [2.45, 2.75) is 0 Å². The number of nitrogens with zero attached hydrogens (tertiary/aromatic N) is 1. The lowest BCUT2D eigenvalue weighted by atomic mass is 10.1. The number of phenols is 1. The summed E-state index contributed by atoms with van der Waals surface area (Å²) in [4.78, 5) is 26.7. The molecule has 2 aromatic rings. The molecule has 0 fully saturated rings. The fourth-order valence-corrected chi connectivity index (χ4v) is 1.59. The minimum absolute atomic E-state index is 0.0161. The molecule has 1 amide bonds. The van der Waals surface area contributed by atoms with Crippen LogP contribution in [0.2, 0.25) is 0 Å². The quantitative estimate of drug-likeness (QED) is 0.660. The summed E-state index contributed by atoms with van der Waals surface area (Å²) in [5.74, 6) is -0.967. The maximum Gasteiger partial charge on any atom is 0.366 e. The SMILES string of the molecule is CN(C=O)OC(=O)c1cc2ccccc2cc1O. The van der Waals surface area contributed by atoms with E-state index in [0.29, 0.717) is 6.41 Å². The van der Waals surface area contributed by atoms with Crippen molar-refractivity contribution in [2.24, 2.45) is 0 Å². The van der Waals surface area contributed by atoms with E-state index in [1.54, 1.807) is 0 Å². The second-order valence-electron chi connectivity index (χ2n) is 3.75. The third-order valence-corrected chi connectivity index (χ3v) is 2.46. The van der Waals surface area contributed by atoms with Crippen molar-refractivity contribution in [3.8, 4) is 5.75 Å². The second-order valence-corrected chi connectivity index (χ2v) is 3.75. The Hall–Kier alpha value is -2.56. The summed E-state index contributed by atoms with van der Waals surface area (Å²) in [7, 11) is 1.29. The van der Waals surface area contributed by atoms with Crippen LogP contribution in [-0.4, -0.2) is 29.6 Å². The molecule has 0 atom stereocenters. The van der Waals surface area contributed by atoms with Crippen molar-refractivity contribution in [2.75, 3.05) is 7.05 Å². The minimum Gasteiger partial charge on any atom is -0.507 e. The van der Waals surface area contributed by atoms with Gasteiger partial charge in [0.15, 0.2) is 0 Å². The molecule has 0 spiro atoms. The summed E-state index contributed by atoms with van der Waals surface area (Å²) < 4.78 is 0. The van der Waals surface area contributed by atoms with Crippen LogP contribution < -0.4 is 0 Å². The molecule has 1 N–H and O–H groups in total. The molecule has 2 rings (SSSR count). The molecule has 0 bridgehead atoms. The molecule has 0 unspecified atom stereocenters. The first-order valence-electron chi connectivity index (χ1n) is 5.24. The third-order valence-electron chi connectivity index (χ3n) is 2.46. The number of amides is 1. The number of fused-ring (bicyclic) bond motifs is 1. The van der Waals surface area contributed by atoms with Crippen molar-refractivity contribution in [3.63, 3.8) is 0 Å². The maximum atomic E-state index is 11.7. The first-order valence-corrected chi connectivity index (χ1v) is 5.24. The van der Waals surface area contributed by atoms with Gasteiger partial charge in [-0.2, -0.15) is 5.06 Å². The first-order chi connectivity index (χ1) is 8.61. The molecule has 92 valence electrons. The molecule has 0 aliphatic rings. The van der Waals surface area contributed by atoms with Gasteiger partial charge >= 0.3 is 5.97 Å². The number of phenolic OH excluding ortho intramolecular Hbond substituents is 1. The van der Waals surface area contributed by atoms with E-state index in [-0.39, 0.29) is 11.3 Å². The van der Waals surface area contributed by atoms with Gasteiger partial charge in [0, 0.05) is 7.05 Å². The Morgan fingerprint density at radius 2 is 1.89 bits per heavy atom. The fraction of sp³-hybridized carbons (Fsp3) is 0.0769. The van der Waals surface area contributed by atoms with E-state index < -0.39 is 5.97 Å². The topological polar surface area (TPSA) is 66.8 Å². The van der Waals surface area contributed by atoms with Crippen LogP contribution >= 0.6 is 0 Å². The normalized spacial score (nSPS) is 10.1. The molecule has 0 aliphatic carbocycles. The Morgan fingerprint density at radius 3 is 2.50 bits per heavy atom. The highest BCUT2D eigenvalue weighted by molar-refractivity contribution is 5.98. The van der Waals surface area contributed by atoms with Gasteiger partial charge in [0.2, 0.25) is 6.41 Å². The van der Waals surface area contributed by atoms with E-state index in [2.05, 4.69) is 4.84 Å². The minimum atomic E-state index is -0.784. The Morgan fingerprint density at radius 1 is 1.28 bits per heavy atom. The zero-order chi connectivity index (χ0) is 13.1. The predicted octanol–water partition coefficient (Wildman–Crippen LogP) is 1.71. The summed E-state index contributed by atoms with van der Waals surface area (Å²) in [5, 5.41) is 12.1. The van der Waals surface area contributed by atoms with Gasteiger partial charge in [-0.25, -0.2) is 4.79 Å². The average molecular weight is 245 g/mol. The summed E-state index contributed by atoms with van der Waals surface area (Å²) in [6.45, 7) is 0. The molecule has 0 saturated heterocycles. The lowest BCUT2D eigenvalue weighted by molar-refractivity contribution is -0.146. The van der Waals surface area contributed by atoms with E-state index >= 15 is 0 Å². The molecule has 5 heteroatoms. The summed E-state index contributed by atoms with van der Waals surface area (Å²) in [5.41, 5.74) is 0.0161. The molecule has 18 heavy (non-hydrogen) atoms. The molecule has 2 aromatic carbocycles. The zero-order valence-corrected chi connectivity index (χ0v) is 9.66. The van der Waals surface area contributed by atoms with Gasteiger partial charge in [-0.1, -0.05) is 24.3 Å². The summed E-state index contributed by atoms with van der Waals surface area (Å²) in [6.07, 6.45) is 0.357. The Labute approximate surface area is 103 Å². The standard InChI is InChI=1S/C13H11NO4/c1-14(8-15)18-13(17)11-6-9-4-2-3-5-10(9)7-12(11)16/h2-8,16H,1H3. The van der Waals surface area contributed by atoms with E-state index in [1.165, 1.54) is 19.2 Å². The summed E-state index contributed by atoms with van der Waals surface area (Å²) >= 11 is 0. The molecule has 0 radical (unpaired) electrons. The molecular formula is C13H11NO4. The van der Waals surface area contributed by atoms with Crippen molar-refractivity contribution < 1.29 is 19.5 Å². The molecule has 0 aromatic heterocycles. The molecule has 0 saturated carbocycles. The number of carbonyl (C=O) groups is 2. The third kappa shape index (κ3) is 2.24. The molecule has 0 heterocycles. The number of aromatic hydroxyl groups is 1. The largest absolute Gasteiger partial charge is 0.507 e. The van der Waals surface area contributed by atoms with Gasteiger partial charge in [-0.15, -0.1) is 0 Å². The molecular weight excluding hydrogens is 234 g/mol. The van der Waals surface area contributed by atoms with Crippen molar-refractivity contribution >= 4 is 23.2 Å². The maximum absolute atomic E-state index is 11.7. The van der Waals surface area contributed by atoms with Crippen LogP contribution in [0.3, 0.4) is 0 Å². The van der Waals surface area contributed by atoms with Crippen molar-refractivity contribution in [1.82, 2.24) is 5.06 Å². The lowest BCUT2D eigenvalue weighted by Gasteiger charge is -2.11. The zero-order valence-electron chi connectivity index (χ0n) is 9.66. The fourth-order valence-electron chi connectivity index (χ4n) is 1.59. The Bertz CT molecular complexity index is 609. The summed E-state index contributed by atoms with van der Waals surface area (Å²) in [6, 6.07) is 10.3. The highest BCUT2D eigenvalue weighted by Gasteiger charge is 2.15. The van der Waals surface area contributed by atoms with Crippen LogP contribution in [0.25, 0.3) is 10.8 Å². The van der Waals surface area contributed by atoms with Gasteiger partial charge in [0.25, 0.3) is 0 Å². The van der Waals surface area contributed by atoms with Crippen LogP contribution in [0.15, 0.2) is 36.4 Å². The van der Waals surface area contributed by atoms with Gasteiger partial charge in [-0.3, -0.25) is 4.79 Å². The smallest absolute Gasteiger partial charge is 0.366 e. The molecule has 0 aliphatic heterocycles. The van der Waals surface area contributed by atoms with Crippen LogP contribution in [0, 0.1) is 0 Å². The Kier molecular flexibility index (Phi) is 3.14. The van der Waals surface area contributed by atoms with Crippen molar-refractivity contribution in [3.05, 3.63) is 42.0 Å². The van der Waals surface area contributed by atoms with E-state index in [4.69, 9.17) is 0 Å². The number of hydrogen-bond acceptors (Lipinski definition) is 4. The molecule has 5 nitrogen and oxygen atoms in total. The van der Waals surface area contributed by atoms with E-state index in [1.807, 2.05) is 24.3 Å². The first kappa shape index (κ1) is 11.9. The Balaban J connectivity index is 2.41. The second kappa shape index (κ2) is 4.75. The number of hydroxylamine groups is 2. The van der Waals surface area contributed by atoms with Gasteiger partial charge in [-0.05, 0) is 22.9 Å².